The molecule has 1 N–H and O–H groups in total. The van der Waals surface area contributed by atoms with Crippen LogP contribution in [0.25, 0.3) is 0 Å². The van der Waals surface area contributed by atoms with Gasteiger partial charge in [0.2, 0.25) is 5.91 Å². The van der Waals surface area contributed by atoms with Crippen LogP contribution in [0.4, 0.5) is 0 Å². The summed E-state index contributed by atoms with van der Waals surface area (Å²) in [5.74, 6) is 0.0688. The van der Waals surface area contributed by atoms with E-state index in [0.29, 0.717) is 6.42 Å². The molecule has 0 bridgehead atoms. The van der Waals surface area contributed by atoms with E-state index in [2.05, 4.69) is 11.9 Å². The van der Waals surface area contributed by atoms with Gasteiger partial charge < -0.3 is 5.32 Å². The van der Waals surface area contributed by atoms with Crippen molar-refractivity contribution in [3.8, 4) is 0 Å². The number of nitrogens with one attached hydrogen (secondary N) is 1. The Bertz CT molecular complexity index is 285. The van der Waals surface area contributed by atoms with Crippen molar-refractivity contribution in [3.63, 3.8) is 0 Å². The largest absolute Gasteiger partial charge is 0.326 e. The van der Waals surface area contributed by atoms with E-state index < -0.39 is 0 Å². The molecule has 1 aliphatic rings. The first-order valence-electron chi connectivity index (χ1n) is 4.97. The van der Waals surface area contributed by atoms with Crippen LogP contribution in [0.2, 0.25) is 0 Å². The predicted molar refractivity (Wildman–Crippen MR) is 60.8 cm³/mol. The molecule has 0 aromatic carbocycles. The monoisotopic (exact) mass is 193 g/mol. The molecule has 1 amide bonds. The van der Waals surface area contributed by atoms with E-state index in [1.54, 1.807) is 6.08 Å². The first-order chi connectivity index (χ1) is 6.69. The number of carbonyl (C=O) groups excluding carboxylic acids is 1. The van der Waals surface area contributed by atoms with Crippen LogP contribution < -0.4 is 5.32 Å². The molecule has 78 valence electrons. The van der Waals surface area contributed by atoms with Gasteiger partial charge in [-0.2, -0.15) is 0 Å². The van der Waals surface area contributed by atoms with Crippen LogP contribution >= 0.6 is 0 Å². The molecule has 0 aromatic rings. The molecule has 2 nitrogen and oxygen atoms in total. The molecule has 1 aliphatic heterocycles. The van der Waals surface area contributed by atoms with Crippen molar-refractivity contribution in [2.45, 2.75) is 34.1 Å². The van der Waals surface area contributed by atoms with Crippen molar-refractivity contribution in [1.29, 1.82) is 0 Å². The zero-order chi connectivity index (χ0) is 11.1. The van der Waals surface area contributed by atoms with Gasteiger partial charge in [0.15, 0.2) is 0 Å². The van der Waals surface area contributed by atoms with E-state index in [1.807, 2.05) is 33.8 Å². The van der Waals surface area contributed by atoms with Crippen molar-refractivity contribution < 1.29 is 4.79 Å². The SMILES string of the molecule is C=C/C(C)=C1/CC(=O)N/C1=C/C.CC. The number of allylic oxidation sites excluding steroid dienone is 4. The average molecular weight is 193 g/mol. The van der Waals surface area contributed by atoms with Gasteiger partial charge in [-0.3, -0.25) is 4.79 Å². The summed E-state index contributed by atoms with van der Waals surface area (Å²) < 4.78 is 0. The minimum Gasteiger partial charge on any atom is -0.326 e. The Morgan fingerprint density at radius 1 is 1.50 bits per heavy atom. The van der Waals surface area contributed by atoms with E-state index in [4.69, 9.17) is 0 Å². The standard InChI is InChI=1S/C10H13NO.C2H6/c1-4-7(3)8-6-10(12)11-9(8)5-2;1-2/h4-5H,1,6H2,2-3H3,(H,11,12);1-2H3/b8-7-,9-5+;. The van der Waals surface area contributed by atoms with Crippen LogP contribution in [-0.4, -0.2) is 5.91 Å². The molecule has 14 heavy (non-hydrogen) atoms. The predicted octanol–water partition coefficient (Wildman–Crippen LogP) is 2.94. The van der Waals surface area contributed by atoms with E-state index in [0.717, 1.165) is 16.8 Å². The summed E-state index contributed by atoms with van der Waals surface area (Å²) in [6.07, 6.45) is 4.17. The molecule has 0 spiro atoms. The molecule has 2 heteroatoms. The summed E-state index contributed by atoms with van der Waals surface area (Å²) in [4.78, 5) is 11.0. The first kappa shape index (κ1) is 12.7. The highest BCUT2D eigenvalue weighted by molar-refractivity contribution is 5.87. The Balaban J connectivity index is 0.000000791. The fourth-order valence-corrected chi connectivity index (χ4v) is 1.25. The van der Waals surface area contributed by atoms with E-state index in [9.17, 15) is 4.79 Å². The van der Waals surface area contributed by atoms with Gasteiger partial charge in [0.05, 0.1) is 6.42 Å². The molecule has 0 saturated carbocycles. The van der Waals surface area contributed by atoms with Gasteiger partial charge in [-0.05, 0) is 25.0 Å². The number of amides is 1. The van der Waals surface area contributed by atoms with E-state index in [1.165, 1.54) is 0 Å². The highest BCUT2D eigenvalue weighted by Crippen LogP contribution is 2.22. The highest BCUT2D eigenvalue weighted by atomic mass is 16.1. The molecule has 0 radical (unpaired) electrons. The van der Waals surface area contributed by atoms with Crippen LogP contribution in [0.3, 0.4) is 0 Å². The maximum atomic E-state index is 11.0. The Morgan fingerprint density at radius 3 is 2.50 bits per heavy atom. The smallest absolute Gasteiger partial charge is 0.228 e. The molecular weight excluding hydrogens is 174 g/mol. The molecule has 1 fully saturated rings. The zero-order valence-electron chi connectivity index (χ0n) is 9.48. The summed E-state index contributed by atoms with van der Waals surface area (Å²) in [5.41, 5.74) is 3.07. The van der Waals surface area contributed by atoms with E-state index >= 15 is 0 Å². The van der Waals surface area contributed by atoms with Crippen molar-refractivity contribution in [3.05, 3.63) is 35.6 Å². The average Bonchev–Trinajstić information content (AvgIpc) is 2.61. The molecule has 0 aromatic heterocycles. The Morgan fingerprint density at radius 2 is 2.07 bits per heavy atom. The third-order valence-corrected chi connectivity index (χ3v) is 2.01. The van der Waals surface area contributed by atoms with Gasteiger partial charge in [-0.25, -0.2) is 0 Å². The minimum absolute atomic E-state index is 0.0688. The topological polar surface area (TPSA) is 29.1 Å². The molecular formula is C12H19NO. The molecule has 0 atom stereocenters. The van der Waals surface area contributed by atoms with E-state index in [-0.39, 0.29) is 5.91 Å². The second-order valence-electron chi connectivity index (χ2n) is 2.79. The molecule has 0 unspecified atom stereocenters. The van der Waals surface area contributed by atoms with Gasteiger partial charge in [-0.1, -0.05) is 32.6 Å². The second kappa shape index (κ2) is 6.19. The zero-order valence-corrected chi connectivity index (χ0v) is 9.48. The van der Waals surface area contributed by atoms with Crippen molar-refractivity contribution in [2.75, 3.05) is 0 Å². The Hall–Kier alpha value is -1.31. The summed E-state index contributed by atoms with van der Waals surface area (Å²) in [6, 6.07) is 0. The molecule has 1 rings (SSSR count). The molecule has 1 heterocycles. The summed E-state index contributed by atoms with van der Waals surface area (Å²) in [6.45, 7) is 11.6. The maximum absolute atomic E-state index is 11.0. The number of carbonyl (C=O) groups is 1. The lowest BCUT2D eigenvalue weighted by molar-refractivity contribution is -0.118. The van der Waals surface area contributed by atoms with Crippen LogP contribution in [0, 0.1) is 0 Å². The quantitative estimate of drug-likeness (QED) is 0.681. The van der Waals surface area contributed by atoms with Crippen molar-refractivity contribution >= 4 is 5.91 Å². The maximum Gasteiger partial charge on any atom is 0.228 e. The Labute approximate surface area is 86.4 Å². The fourth-order valence-electron chi connectivity index (χ4n) is 1.25. The Kier molecular flexibility index (Phi) is 5.61. The lowest BCUT2D eigenvalue weighted by atomic mass is 10.1. The summed E-state index contributed by atoms with van der Waals surface area (Å²) in [7, 11) is 0. The van der Waals surface area contributed by atoms with Crippen LogP contribution in [0.1, 0.15) is 34.1 Å². The van der Waals surface area contributed by atoms with Gasteiger partial charge in [0, 0.05) is 5.70 Å². The highest BCUT2D eigenvalue weighted by Gasteiger charge is 2.20. The molecule has 0 aliphatic carbocycles. The normalized spacial score (nSPS) is 21.1. The van der Waals surface area contributed by atoms with Gasteiger partial charge in [0.1, 0.15) is 0 Å². The van der Waals surface area contributed by atoms with Crippen LogP contribution in [0.15, 0.2) is 35.6 Å². The van der Waals surface area contributed by atoms with Gasteiger partial charge in [0.25, 0.3) is 0 Å². The third-order valence-electron chi connectivity index (χ3n) is 2.01. The van der Waals surface area contributed by atoms with Crippen LogP contribution in [-0.2, 0) is 4.79 Å². The van der Waals surface area contributed by atoms with Gasteiger partial charge >= 0.3 is 0 Å². The minimum atomic E-state index is 0.0688. The summed E-state index contributed by atoms with van der Waals surface area (Å²) >= 11 is 0. The molecule has 1 saturated heterocycles. The lowest BCUT2D eigenvalue weighted by Gasteiger charge is -2.00. The number of rotatable bonds is 1. The van der Waals surface area contributed by atoms with Crippen molar-refractivity contribution in [1.82, 2.24) is 5.32 Å². The second-order valence-corrected chi connectivity index (χ2v) is 2.79. The number of hydrogen-bond acceptors (Lipinski definition) is 1. The van der Waals surface area contributed by atoms with Crippen LogP contribution in [0.5, 0.6) is 0 Å². The fraction of sp³-hybridized carbons (Fsp3) is 0.417. The lowest BCUT2D eigenvalue weighted by Crippen LogP contribution is -2.11. The van der Waals surface area contributed by atoms with Gasteiger partial charge in [-0.15, -0.1) is 0 Å². The first-order valence-corrected chi connectivity index (χ1v) is 4.97. The summed E-state index contributed by atoms with van der Waals surface area (Å²) in [5, 5.41) is 2.79. The van der Waals surface area contributed by atoms with Crippen molar-refractivity contribution in [2.24, 2.45) is 0 Å². The third kappa shape index (κ3) is 2.87. The number of hydrogen-bond donors (Lipinski definition) is 1.